The predicted octanol–water partition coefficient (Wildman–Crippen LogP) is 19.7. The van der Waals surface area contributed by atoms with E-state index in [0.717, 1.165) is 77.0 Å². The average molecular weight is 942 g/mol. The van der Waals surface area contributed by atoms with Gasteiger partial charge in [0.2, 0.25) is 0 Å². The van der Waals surface area contributed by atoms with Crippen molar-refractivity contribution in [3.63, 3.8) is 0 Å². The highest BCUT2D eigenvalue weighted by molar-refractivity contribution is 5.71. The van der Waals surface area contributed by atoms with E-state index in [1.54, 1.807) is 0 Å². The van der Waals surface area contributed by atoms with Crippen molar-refractivity contribution in [2.24, 2.45) is 0 Å². The molecular formula is C61H112O6. The molecule has 0 radical (unpaired) electrons. The van der Waals surface area contributed by atoms with Crippen molar-refractivity contribution in [2.75, 3.05) is 13.2 Å². The maximum absolute atomic E-state index is 12.8. The first-order valence-electron chi connectivity index (χ1n) is 29.5. The predicted molar refractivity (Wildman–Crippen MR) is 289 cm³/mol. The third-order valence-corrected chi connectivity index (χ3v) is 13.1. The molecule has 0 bridgehead atoms. The Morgan fingerprint density at radius 3 is 0.910 bits per heavy atom. The number of hydrogen-bond donors (Lipinski definition) is 0. The van der Waals surface area contributed by atoms with Gasteiger partial charge in [-0.3, -0.25) is 14.4 Å². The van der Waals surface area contributed by atoms with Crippen LogP contribution in [-0.2, 0) is 28.6 Å². The summed E-state index contributed by atoms with van der Waals surface area (Å²) in [5.74, 6) is -0.876. The van der Waals surface area contributed by atoms with Crippen LogP contribution in [-0.4, -0.2) is 37.2 Å². The largest absolute Gasteiger partial charge is 0.462 e. The molecule has 392 valence electrons. The van der Waals surface area contributed by atoms with Crippen molar-refractivity contribution in [3.05, 3.63) is 36.5 Å². The maximum atomic E-state index is 12.8. The first-order chi connectivity index (χ1) is 33.0. The topological polar surface area (TPSA) is 78.9 Å². The summed E-state index contributed by atoms with van der Waals surface area (Å²) in [7, 11) is 0. The number of unbranched alkanes of at least 4 members (excludes halogenated alkanes) is 37. The normalized spacial score (nSPS) is 12.2. The van der Waals surface area contributed by atoms with Crippen molar-refractivity contribution < 1.29 is 28.6 Å². The number of esters is 3. The van der Waals surface area contributed by atoms with Gasteiger partial charge in [0, 0.05) is 19.3 Å². The zero-order chi connectivity index (χ0) is 48.6. The van der Waals surface area contributed by atoms with E-state index < -0.39 is 6.10 Å². The molecule has 6 nitrogen and oxygen atoms in total. The molecule has 67 heavy (non-hydrogen) atoms. The van der Waals surface area contributed by atoms with Gasteiger partial charge in [-0.2, -0.15) is 0 Å². The van der Waals surface area contributed by atoms with E-state index >= 15 is 0 Å². The Kier molecular flexibility index (Phi) is 54.2. The summed E-state index contributed by atoms with van der Waals surface area (Å²) >= 11 is 0. The first kappa shape index (κ1) is 64.6. The highest BCUT2D eigenvalue weighted by atomic mass is 16.6. The molecule has 0 aliphatic heterocycles. The van der Waals surface area contributed by atoms with Gasteiger partial charge in [0.05, 0.1) is 0 Å². The Bertz CT molecular complexity index is 1130. The fourth-order valence-electron chi connectivity index (χ4n) is 8.63. The van der Waals surface area contributed by atoms with E-state index in [9.17, 15) is 14.4 Å². The standard InChI is InChI=1S/C61H112O6/c1-4-7-10-13-16-19-22-24-26-28-29-30-31-33-34-36-39-42-45-48-51-54-60(63)66-57-58(56-65-59(62)53-50-47-44-41-38-21-18-15-12-9-6-3)67-61(64)55-52-49-46-43-40-37-35-32-27-25-23-20-17-14-11-8-5-2/h15,17-18,20,25,27,58H,4-14,16,19,21-24,26,28-57H2,1-3H3/b18-15-,20-17-,27-25-/t58-/m1/s1. The third-order valence-electron chi connectivity index (χ3n) is 13.1. The SMILES string of the molecule is CCCC/C=C\CCCCCCCC(=O)OC[C@H](COC(=O)CCCCCCCCCCCCCCCCCCCCCCC)OC(=O)CCCCCCCCC/C=C\C/C=C\CCCCC. The Hall–Kier alpha value is -2.37. The van der Waals surface area contributed by atoms with Gasteiger partial charge < -0.3 is 14.2 Å². The van der Waals surface area contributed by atoms with Crippen molar-refractivity contribution in [3.8, 4) is 0 Å². The molecule has 0 amide bonds. The number of allylic oxidation sites excluding steroid dienone is 6. The fourth-order valence-corrected chi connectivity index (χ4v) is 8.63. The monoisotopic (exact) mass is 941 g/mol. The van der Waals surface area contributed by atoms with E-state index in [1.807, 2.05) is 0 Å². The second-order valence-electron chi connectivity index (χ2n) is 19.9. The van der Waals surface area contributed by atoms with Gasteiger partial charge in [0.25, 0.3) is 0 Å². The molecule has 0 spiro atoms. The fraction of sp³-hybridized carbons (Fsp3) is 0.852. The van der Waals surface area contributed by atoms with Crippen LogP contribution in [0.3, 0.4) is 0 Å². The lowest BCUT2D eigenvalue weighted by atomic mass is 10.0. The number of rotatable bonds is 54. The minimum atomic E-state index is -0.777. The van der Waals surface area contributed by atoms with Crippen LogP contribution in [0.4, 0.5) is 0 Å². The second-order valence-corrected chi connectivity index (χ2v) is 19.9. The molecule has 0 N–H and O–H groups in total. The highest BCUT2D eigenvalue weighted by Gasteiger charge is 2.19. The van der Waals surface area contributed by atoms with E-state index in [4.69, 9.17) is 14.2 Å². The molecule has 0 saturated carbocycles. The van der Waals surface area contributed by atoms with Gasteiger partial charge in [-0.15, -0.1) is 0 Å². The lowest BCUT2D eigenvalue weighted by molar-refractivity contribution is -0.167. The Morgan fingerprint density at radius 2 is 0.552 bits per heavy atom. The van der Waals surface area contributed by atoms with E-state index in [-0.39, 0.29) is 31.1 Å². The summed E-state index contributed by atoms with van der Waals surface area (Å²) in [5, 5.41) is 0. The lowest BCUT2D eigenvalue weighted by Crippen LogP contribution is -2.30. The van der Waals surface area contributed by atoms with Crippen molar-refractivity contribution in [2.45, 2.75) is 322 Å². The Labute approximate surface area is 416 Å². The highest BCUT2D eigenvalue weighted by Crippen LogP contribution is 2.17. The maximum Gasteiger partial charge on any atom is 0.306 e. The van der Waals surface area contributed by atoms with E-state index in [1.165, 1.54) is 199 Å². The van der Waals surface area contributed by atoms with Crippen LogP contribution in [0.25, 0.3) is 0 Å². The van der Waals surface area contributed by atoms with Crippen LogP contribution in [0.15, 0.2) is 36.5 Å². The van der Waals surface area contributed by atoms with Crippen LogP contribution >= 0.6 is 0 Å². The van der Waals surface area contributed by atoms with Gasteiger partial charge in [-0.1, -0.05) is 263 Å². The molecule has 1 atom stereocenters. The van der Waals surface area contributed by atoms with Crippen molar-refractivity contribution in [1.82, 2.24) is 0 Å². The molecule has 0 rings (SSSR count). The van der Waals surface area contributed by atoms with Crippen molar-refractivity contribution >= 4 is 17.9 Å². The molecule has 0 fully saturated rings. The summed E-state index contributed by atoms with van der Waals surface area (Å²) in [6.07, 6.45) is 67.1. The van der Waals surface area contributed by atoms with Gasteiger partial charge >= 0.3 is 17.9 Å². The lowest BCUT2D eigenvalue weighted by Gasteiger charge is -2.18. The molecule has 0 saturated heterocycles. The van der Waals surface area contributed by atoms with E-state index in [2.05, 4.69) is 57.2 Å². The third kappa shape index (κ3) is 54.4. The van der Waals surface area contributed by atoms with E-state index in [0.29, 0.717) is 19.3 Å². The smallest absolute Gasteiger partial charge is 0.306 e. The Morgan fingerprint density at radius 1 is 0.299 bits per heavy atom. The summed E-state index contributed by atoms with van der Waals surface area (Å²) < 4.78 is 16.9. The molecule has 6 heteroatoms. The molecular weight excluding hydrogens is 829 g/mol. The first-order valence-corrected chi connectivity index (χ1v) is 29.5. The van der Waals surface area contributed by atoms with Gasteiger partial charge in [-0.05, 0) is 70.6 Å². The minimum absolute atomic E-state index is 0.0745. The van der Waals surface area contributed by atoms with Crippen LogP contribution in [0.5, 0.6) is 0 Å². The minimum Gasteiger partial charge on any atom is -0.462 e. The van der Waals surface area contributed by atoms with Crippen molar-refractivity contribution in [1.29, 1.82) is 0 Å². The molecule has 0 unspecified atom stereocenters. The molecule has 0 aliphatic carbocycles. The molecule has 0 aromatic heterocycles. The summed E-state index contributed by atoms with van der Waals surface area (Å²) in [6.45, 7) is 6.61. The zero-order valence-corrected chi connectivity index (χ0v) is 44.9. The average Bonchev–Trinajstić information content (AvgIpc) is 3.33. The number of carbonyl (C=O) groups excluding carboxylic acids is 3. The molecule has 0 aromatic rings. The molecule has 0 aromatic carbocycles. The van der Waals surface area contributed by atoms with Crippen LogP contribution in [0, 0.1) is 0 Å². The van der Waals surface area contributed by atoms with Gasteiger partial charge in [0.1, 0.15) is 13.2 Å². The summed E-state index contributed by atoms with van der Waals surface area (Å²) in [6, 6.07) is 0. The van der Waals surface area contributed by atoms with Crippen LogP contribution < -0.4 is 0 Å². The summed E-state index contributed by atoms with van der Waals surface area (Å²) in [5.41, 5.74) is 0. The second kappa shape index (κ2) is 56.2. The molecule has 0 aliphatic rings. The number of hydrogen-bond acceptors (Lipinski definition) is 6. The Balaban J connectivity index is 4.27. The number of ether oxygens (including phenoxy) is 3. The number of carbonyl (C=O) groups is 3. The quantitative estimate of drug-likeness (QED) is 0.0262. The van der Waals surface area contributed by atoms with Crippen LogP contribution in [0.2, 0.25) is 0 Å². The molecule has 0 heterocycles. The van der Waals surface area contributed by atoms with Gasteiger partial charge in [0.15, 0.2) is 6.10 Å². The van der Waals surface area contributed by atoms with Crippen LogP contribution in [0.1, 0.15) is 316 Å². The summed E-state index contributed by atoms with van der Waals surface area (Å²) in [4.78, 5) is 38.1. The zero-order valence-electron chi connectivity index (χ0n) is 44.9. The van der Waals surface area contributed by atoms with Gasteiger partial charge in [-0.25, -0.2) is 0 Å².